The number of carbonyl (C=O) groups excluding carboxylic acids is 2. The van der Waals surface area contributed by atoms with Crippen molar-refractivity contribution in [1.82, 2.24) is 0 Å². The number of allylic oxidation sites excluding steroid dienone is 1. The molecule has 0 aromatic heterocycles. The minimum atomic E-state index is -0.597. The standard InChI is InChI=1S/C15H16O3/c1-2-18-15(17)13-9-8-12(14(13)16)10-11-6-4-3-5-7-11/h3-7,10,13H,2,8-9H2,1H3/b12-10+/t13-/m0/s1. The normalized spacial score (nSPS) is 21.3. The van der Waals surface area contributed by atoms with E-state index in [1.54, 1.807) is 6.92 Å². The zero-order chi connectivity index (χ0) is 13.0. The molecule has 0 bridgehead atoms. The monoisotopic (exact) mass is 244 g/mol. The van der Waals surface area contributed by atoms with Crippen molar-refractivity contribution in [3.05, 3.63) is 41.5 Å². The van der Waals surface area contributed by atoms with Gasteiger partial charge in [0.15, 0.2) is 5.78 Å². The minimum Gasteiger partial charge on any atom is -0.465 e. The minimum absolute atomic E-state index is 0.0858. The van der Waals surface area contributed by atoms with Crippen molar-refractivity contribution in [3.63, 3.8) is 0 Å². The summed E-state index contributed by atoms with van der Waals surface area (Å²) < 4.78 is 4.91. The molecule has 1 aromatic rings. The predicted octanol–water partition coefficient (Wildman–Crippen LogP) is 2.61. The van der Waals surface area contributed by atoms with Gasteiger partial charge >= 0.3 is 5.97 Å². The topological polar surface area (TPSA) is 43.4 Å². The second kappa shape index (κ2) is 5.63. The molecule has 1 atom stereocenters. The van der Waals surface area contributed by atoms with Crippen LogP contribution >= 0.6 is 0 Å². The maximum Gasteiger partial charge on any atom is 0.316 e. The Balaban J connectivity index is 2.12. The van der Waals surface area contributed by atoms with Crippen molar-refractivity contribution < 1.29 is 14.3 Å². The van der Waals surface area contributed by atoms with E-state index in [1.807, 2.05) is 36.4 Å². The van der Waals surface area contributed by atoms with Crippen LogP contribution in [-0.2, 0) is 14.3 Å². The van der Waals surface area contributed by atoms with Crippen LogP contribution < -0.4 is 0 Å². The second-order valence-corrected chi connectivity index (χ2v) is 4.29. The number of ketones is 1. The maximum atomic E-state index is 12.1. The number of ether oxygens (including phenoxy) is 1. The summed E-state index contributed by atoms with van der Waals surface area (Å²) in [6.07, 6.45) is 3.08. The van der Waals surface area contributed by atoms with Crippen LogP contribution in [0.25, 0.3) is 6.08 Å². The quantitative estimate of drug-likeness (QED) is 0.466. The lowest BCUT2D eigenvalue weighted by Crippen LogP contribution is -2.21. The largest absolute Gasteiger partial charge is 0.465 e. The number of hydrogen-bond donors (Lipinski definition) is 0. The third-order valence-electron chi connectivity index (χ3n) is 3.05. The van der Waals surface area contributed by atoms with E-state index in [1.165, 1.54) is 0 Å². The summed E-state index contributed by atoms with van der Waals surface area (Å²) in [6, 6.07) is 9.67. The molecule has 1 fully saturated rings. The molecule has 3 heteroatoms. The zero-order valence-corrected chi connectivity index (χ0v) is 10.4. The van der Waals surface area contributed by atoms with Crippen LogP contribution in [-0.4, -0.2) is 18.4 Å². The number of rotatable bonds is 3. The van der Waals surface area contributed by atoms with Crippen LogP contribution in [0.4, 0.5) is 0 Å². The van der Waals surface area contributed by atoms with E-state index in [4.69, 9.17) is 4.74 Å². The lowest BCUT2D eigenvalue weighted by molar-refractivity contribution is -0.150. The number of esters is 1. The van der Waals surface area contributed by atoms with Crippen LogP contribution in [0.5, 0.6) is 0 Å². The first-order chi connectivity index (χ1) is 8.72. The van der Waals surface area contributed by atoms with Gasteiger partial charge in [-0.15, -0.1) is 0 Å². The lowest BCUT2D eigenvalue weighted by atomic mass is 10.1. The first kappa shape index (κ1) is 12.6. The van der Waals surface area contributed by atoms with Crippen molar-refractivity contribution in [3.8, 4) is 0 Å². The summed E-state index contributed by atoms with van der Waals surface area (Å²) in [4.78, 5) is 23.6. The van der Waals surface area contributed by atoms with Crippen LogP contribution in [0.15, 0.2) is 35.9 Å². The summed E-state index contributed by atoms with van der Waals surface area (Å²) in [5.41, 5.74) is 1.71. The highest BCUT2D eigenvalue weighted by Crippen LogP contribution is 2.29. The molecule has 1 aliphatic carbocycles. The van der Waals surface area contributed by atoms with E-state index < -0.39 is 5.92 Å². The van der Waals surface area contributed by atoms with Gasteiger partial charge in [0.05, 0.1) is 6.61 Å². The van der Waals surface area contributed by atoms with Gasteiger partial charge in [0.1, 0.15) is 5.92 Å². The van der Waals surface area contributed by atoms with Gasteiger partial charge in [-0.2, -0.15) is 0 Å². The van der Waals surface area contributed by atoms with Crippen LogP contribution in [0.3, 0.4) is 0 Å². The van der Waals surface area contributed by atoms with Gasteiger partial charge in [-0.3, -0.25) is 9.59 Å². The number of Topliss-reactive ketones (excluding diaryl/α,β-unsaturated/α-hetero) is 1. The van der Waals surface area contributed by atoms with Crippen LogP contribution in [0, 0.1) is 5.92 Å². The molecule has 1 saturated carbocycles. The number of benzene rings is 1. The molecular weight excluding hydrogens is 228 g/mol. The molecule has 94 valence electrons. The summed E-state index contributed by atoms with van der Waals surface area (Å²) in [5, 5.41) is 0. The van der Waals surface area contributed by atoms with E-state index in [0.29, 0.717) is 19.4 Å². The molecule has 0 spiro atoms. The first-order valence-electron chi connectivity index (χ1n) is 6.19. The molecular formula is C15H16O3. The molecule has 0 saturated heterocycles. The van der Waals surface area contributed by atoms with E-state index in [9.17, 15) is 9.59 Å². The molecule has 1 aromatic carbocycles. The fourth-order valence-electron chi connectivity index (χ4n) is 2.14. The summed E-state index contributed by atoms with van der Waals surface area (Å²) in [6.45, 7) is 2.07. The summed E-state index contributed by atoms with van der Waals surface area (Å²) in [5.74, 6) is -1.07. The van der Waals surface area contributed by atoms with Gasteiger partial charge in [0.2, 0.25) is 0 Å². The van der Waals surface area contributed by atoms with Crippen molar-refractivity contribution in [1.29, 1.82) is 0 Å². The predicted molar refractivity (Wildman–Crippen MR) is 68.8 cm³/mol. The van der Waals surface area contributed by atoms with E-state index >= 15 is 0 Å². The van der Waals surface area contributed by atoms with Gasteiger partial charge in [-0.05, 0) is 37.0 Å². The molecule has 18 heavy (non-hydrogen) atoms. The van der Waals surface area contributed by atoms with E-state index in [0.717, 1.165) is 11.1 Å². The molecule has 0 amide bonds. The van der Waals surface area contributed by atoms with Gasteiger partial charge in [-0.25, -0.2) is 0 Å². The molecule has 0 unspecified atom stereocenters. The average Bonchev–Trinajstić information content (AvgIpc) is 2.73. The van der Waals surface area contributed by atoms with Gasteiger partial charge in [-0.1, -0.05) is 30.3 Å². The van der Waals surface area contributed by atoms with Gasteiger partial charge < -0.3 is 4.74 Å². The smallest absolute Gasteiger partial charge is 0.316 e. The molecule has 0 radical (unpaired) electrons. The Hall–Kier alpha value is -1.90. The SMILES string of the molecule is CCOC(=O)[C@H]1CC/C(=C\c2ccccc2)C1=O. The first-order valence-corrected chi connectivity index (χ1v) is 6.19. The molecule has 0 aliphatic heterocycles. The highest BCUT2D eigenvalue weighted by atomic mass is 16.5. The Morgan fingerprint density at radius 1 is 1.39 bits per heavy atom. The van der Waals surface area contributed by atoms with Crippen molar-refractivity contribution in [2.75, 3.05) is 6.61 Å². The fourth-order valence-corrected chi connectivity index (χ4v) is 2.14. The average molecular weight is 244 g/mol. The summed E-state index contributed by atoms with van der Waals surface area (Å²) in [7, 11) is 0. The summed E-state index contributed by atoms with van der Waals surface area (Å²) >= 11 is 0. The van der Waals surface area contributed by atoms with Crippen molar-refractivity contribution in [2.45, 2.75) is 19.8 Å². The van der Waals surface area contributed by atoms with Gasteiger partial charge in [0, 0.05) is 0 Å². The molecule has 2 rings (SSSR count). The number of carbonyl (C=O) groups is 2. The molecule has 0 heterocycles. The Labute approximate surface area is 106 Å². The Morgan fingerprint density at radius 3 is 2.78 bits per heavy atom. The number of hydrogen-bond acceptors (Lipinski definition) is 3. The highest BCUT2D eigenvalue weighted by molar-refractivity contribution is 6.12. The Kier molecular flexibility index (Phi) is 3.92. The molecule has 1 aliphatic rings. The lowest BCUT2D eigenvalue weighted by Gasteiger charge is -2.05. The van der Waals surface area contributed by atoms with E-state index in [-0.39, 0.29) is 11.8 Å². The third kappa shape index (κ3) is 2.67. The van der Waals surface area contributed by atoms with Crippen LogP contribution in [0.1, 0.15) is 25.3 Å². The highest BCUT2D eigenvalue weighted by Gasteiger charge is 2.35. The second-order valence-electron chi connectivity index (χ2n) is 4.29. The molecule has 0 N–H and O–H groups in total. The fraction of sp³-hybridized carbons (Fsp3) is 0.333. The zero-order valence-electron chi connectivity index (χ0n) is 10.4. The Morgan fingerprint density at radius 2 is 2.11 bits per heavy atom. The third-order valence-corrected chi connectivity index (χ3v) is 3.05. The van der Waals surface area contributed by atoms with Gasteiger partial charge in [0.25, 0.3) is 0 Å². The molecule has 3 nitrogen and oxygen atoms in total. The Bertz CT molecular complexity index is 474. The maximum absolute atomic E-state index is 12.1. The van der Waals surface area contributed by atoms with Crippen molar-refractivity contribution in [2.24, 2.45) is 5.92 Å². The van der Waals surface area contributed by atoms with E-state index in [2.05, 4.69) is 0 Å². The van der Waals surface area contributed by atoms with Crippen LogP contribution in [0.2, 0.25) is 0 Å². The van der Waals surface area contributed by atoms with Crippen molar-refractivity contribution >= 4 is 17.8 Å².